The van der Waals surface area contributed by atoms with Crippen molar-refractivity contribution in [3.05, 3.63) is 24.0 Å². The lowest BCUT2D eigenvalue weighted by Crippen LogP contribution is -2.39. The van der Waals surface area contributed by atoms with Crippen LogP contribution in [0.5, 0.6) is 0 Å². The molecule has 8 heteroatoms. The Morgan fingerprint density at radius 3 is 2.78 bits per heavy atom. The first-order chi connectivity index (χ1) is 8.42. The predicted octanol–water partition coefficient (Wildman–Crippen LogP) is -0.946. The van der Waals surface area contributed by atoms with Crippen molar-refractivity contribution in [1.82, 2.24) is 10.4 Å². The van der Waals surface area contributed by atoms with Crippen LogP contribution in [0.2, 0.25) is 0 Å². The van der Waals surface area contributed by atoms with Gasteiger partial charge in [-0.2, -0.15) is 0 Å². The summed E-state index contributed by atoms with van der Waals surface area (Å²) in [6.07, 6.45) is 3.17. The van der Waals surface area contributed by atoms with Gasteiger partial charge in [-0.25, -0.2) is 8.42 Å². The molecular weight excluding hydrogens is 258 g/mol. The monoisotopic (exact) mass is 273 g/mol. The van der Waals surface area contributed by atoms with Gasteiger partial charge in [0, 0.05) is 24.8 Å². The molecule has 7 nitrogen and oxygen atoms in total. The van der Waals surface area contributed by atoms with Crippen LogP contribution in [0.15, 0.2) is 18.5 Å². The standard InChI is InChI=1S/C10H15N3O4S/c1-2-11-10(14)9-4-6-13(12-8-9)5-3-7-18(15,16)17/h4,6,8H,2-3,5,7H2,1H3,(H-,11,14,15,16,17). The molecule has 0 spiro atoms. The van der Waals surface area contributed by atoms with Crippen LogP contribution in [0.3, 0.4) is 0 Å². The quantitative estimate of drug-likeness (QED) is 0.532. The van der Waals surface area contributed by atoms with Gasteiger partial charge in [-0.3, -0.25) is 4.79 Å². The molecule has 1 N–H and O–H groups in total. The first kappa shape index (κ1) is 14.5. The molecule has 0 aliphatic carbocycles. The third-order valence-electron chi connectivity index (χ3n) is 2.15. The Bertz CT molecular complexity index is 498. The van der Waals surface area contributed by atoms with Gasteiger partial charge in [-0.15, -0.1) is 0 Å². The van der Waals surface area contributed by atoms with Gasteiger partial charge in [-0.05, 0) is 12.0 Å². The van der Waals surface area contributed by atoms with E-state index in [4.69, 9.17) is 0 Å². The van der Waals surface area contributed by atoms with E-state index in [-0.39, 0.29) is 12.3 Å². The third kappa shape index (κ3) is 5.19. The molecule has 0 aliphatic heterocycles. The topological polar surface area (TPSA) is 103 Å². The molecule has 100 valence electrons. The van der Waals surface area contributed by atoms with E-state index in [0.29, 0.717) is 18.7 Å². The smallest absolute Gasteiger partial charge is 0.253 e. The van der Waals surface area contributed by atoms with Crippen LogP contribution < -0.4 is 10.00 Å². The van der Waals surface area contributed by atoms with Crippen molar-refractivity contribution in [2.45, 2.75) is 19.9 Å². The average Bonchev–Trinajstić information content (AvgIpc) is 2.28. The minimum Gasteiger partial charge on any atom is -0.748 e. The molecule has 1 aromatic rings. The Morgan fingerprint density at radius 2 is 2.28 bits per heavy atom. The van der Waals surface area contributed by atoms with Crippen LogP contribution in [-0.4, -0.2) is 36.3 Å². The number of hydrogen-bond donors (Lipinski definition) is 1. The molecule has 0 bridgehead atoms. The molecule has 1 amide bonds. The molecule has 1 rings (SSSR count). The number of rotatable bonds is 6. The Balaban J connectivity index is 2.53. The van der Waals surface area contributed by atoms with E-state index in [9.17, 15) is 17.8 Å². The molecule has 0 aromatic carbocycles. The van der Waals surface area contributed by atoms with Gasteiger partial charge in [0.05, 0.1) is 15.7 Å². The van der Waals surface area contributed by atoms with Crippen LogP contribution in [0, 0.1) is 0 Å². The van der Waals surface area contributed by atoms with Gasteiger partial charge >= 0.3 is 0 Å². The maximum atomic E-state index is 11.4. The van der Waals surface area contributed by atoms with E-state index in [1.165, 1.54) is 10.9 Å². The van der Waals surface area contributed by atoms with Gasteiger partial charge in [0.25, 0.3) is 5.91 Å². The van der Waals surface area contributed by atoms with Crippen LogP contribution in [0.4, 0.5) is 0 Å². The zero-order valence-corrected chi connectivity index (χ0v) is 10.8. The van der Waals surface area contributed by atoms with Crippen molar-refractivity contribution in [3.8, 4) is 0 Å². The fraction of sp³-hybridized carbons (Fsp3) is 0.500. The fourth-order valence-electron chi connectivity index (χ4n) is 1.32. The van der Waals surface area contributed by atoms with Crippen molar-refractivity contribution < 1.29 is 22.4 Å². The largest absolute Gasteiger partial charge is 0.748 e. The first-order valence-corrected chi connectivity index (χ1v) is 7.07. The lowest BCUT2D eigenvalue weighted by atomic mass is 10.3. The second kappa shape index (κ2) is 6.41. The molecule has 0 fully saturated rings. The Labute approximate surface area is 106 Å². The van der Waals surface area contributed by atoms with Gasteiger partial charge in [-0.1, -0.05) is 4.68 Å². The number of carbonyl (C=O) groups is 1. The SMILES string of the molecule is CCNC(=O)c1cc[n+](CCCS(=O)(=O)[O-])nc1. The third-order valence-corrected chi connectivity index (χ3v) is 2.94. The van der Waals surface area contributed by atoms with Gasteiger partial charge in [0.15, 0.2) is 12.7 Å². The second-order valence-electron chi connectivity index (χ2n) is 3.65. The summed E-state index contributed by atoms with van der Waals surface area (Å²) in [6.45, 7) is 2.67. The van der Waals surface area contributed by atoms with Crippen LogP contribution in [0.25, 0.3) is 0 Å². The lowest BCUT2D eigenvalue weighted by molar-refractivity contribution is -0.753. The number of aryl methyl sites for hydroxylation is 1. The van der Waals surface area contributed by atoms with Gasteiger partial charge < -0.3 is 9.87 Å². The summed E-state index contributed by atoms with van der Waals surface area (Å²) in [5.41, 5.74) is 0.435. The maximum Gasteiger partial charge on any atom is 0.253 e. The molecule has 0 radical (unpaired) electrons. The highest BCUT2D eigenvalue weighted by Crippen LogP contribution is 1.93. The van der Waals surface area contributed by atoms with Gasteiger partial charge in [0.1, 0.15) is 6.20 Å². The highest BCUT2D eigenvalue weighted by molar-refractivity contribution is 7.85. The summed E-state index contributed by atoms with van der Waals surface area (Å²) in [6, 6.07) is 1.59. The van der Waals surface area contributed by atoms with Crippen LogP contribution in [0.1, 0.15) is 23.7 Å². The fourth-order valence-corrected chi connectivity index (χ4v) is 1.80. The number of nitrogens with one attached hydrogen (secondary N) is 1. The number of amides is 1. The number of hydrogen-bond acceptors (Lipinski definition) is 5. The van der Waals surface area contributed by atoms with E-state index < -0.39 is 15.9 Å². The first-order valence-electron chi connectivity index (χ1n) is 5.50. The summed E-state index contributed by atoms with van der Waals surface area (Å²) < 4.78 is 32.7. The van der Waals surface area contributed by atoms with E-state index in [1.54, 1.807) is 12.3 Å². The minimum absolute atomic E-state index is 0.198. The second-order valence-corrected chi connectivity index (χ2v) is 5.18. The molecule has 0 saturated heterocycles. The number of carbonyl (C=O) groups excluding carboxylic acids is 1. The van der Waals surface area contributed by atoms with Crippen molar-refractivity contribution in [2.24, 2.45) is 0 Å². The van der Waals surface area contributed by atoms with E-state index in [0.717, 1.165) is 0 Å². The number of nitrogens with zero attached hydrogens (tertiary/aromatic N) is 2. The minimum atomic E-state index is -4.18. The Kier molecular flexibility index (Phi) is 5.17. The highest BCUT2D eigenvalue weighted by Gasteiger charge is 2.09. The maximum absolute atomic E-state index is 11.4. The zero-order valence-electron chi connectivity index (χ0n) is 10.00. The predicted molar refractivity (Wildman–Crippen MR) is 61.6 cm³/mol. The average molecular weight is 273 g/mol. The molecule has 1 heterocycles. The Hall–Kier alpha value is -1.54. The summed E-state index contributed by atoms with van der Waals surface area (Å²) in [5, 5.41) is 6.60. The summed E-state index contributed by atoms with van der Waals surface area (Å²) in [4.78, 5) is 11.4. The zero-order chi connectivity index (χ0) is 13.6. The molecule has 0 aliphatic rings. The van der Waals surface area contributed by atoms with Crippen LogP contribution >= 0.6 is 0 Å². The van der Waals surface area contributed by atoms with Gasteiger partial charge in [0.2, 0.25) is 0 Å². The summed E-state index contributed by atoms with van der Waals surface area (Å²) >= 11 is 0. The summed E-state index contributed by atoms with van der Waals surface area (Å²) in [7, 11) is -4.18. The van der Waals surface area contributed by atoms with E-state index in [2.05, 4.69) is 10.4 Å². The Morgan fingerprint density at radius 1 is 1.56 bits per heavy atom. The highest BCUT2D eigenvalue weighted by atomic mass is 32.2. The normalized spacial score (nSPS) is 11.2. The van der Waals surface area contributed by atoms with E-state index >= 15 is 0 Å². The molecule has 18 heavy (non-hydrogen) atoms. The summed E-state index contributed by atoms with van der Waals surface area (Å²) in [5.74, 6) is -0.626. The molecule has 0 unspecified atom stereocenters. The van der Waals surface area contributed by atoms with E-state index in [1.807, 2.05) is 6.92 Å². The molecule has 1 aromatic heterocycles. The van der Waals surface area contributed by atoms with Crippen molar-refractivity contribution in [3.63, 3.8) is 0 Å². The lowest BCUT2D eigenvalue weighted by Gasteiger charge is -2.03. The molecular formula is C10H15N3O4S. The van der Waals surface area contributed by atoms with Crippen molar-refractivity contribution in [1.29, 1.82) is 0 Å². The molecule has 0 saturated carbocycles. The van der Waals surface area contributed by atoms with Crippen LogP contribution in [-0.2, 0) is 16.7 Å². The van der Waals surface area contributed by atoms with Crippen molar-refractivity contribution >= 4 is 16.0 Å². The van der Waals surface area contributed by atoms with Crippen molar-refractivity contribution in [2.75, 3.05) is 12.3 Å². The molecule has 0 atom stereocenters. The number of aromatic nitrogens is 2.